The highest BCUT2D eigenvalue weighted by molar-refractivity contribution is 7.80. The Morgan fingerprint density at radius 2 is 0.864 bits per heavy atom. The summed E-state index contributed by atoms with van der Waals surface area (Å²) in [6.45, 7) is 1.49. The number of H-pyrrole nitrogens is 1. The molecule has 0 unspecified atom stereocenters. The van der Waals surface area contributed by atoms with Gasteiger partial charge in [-0.3, -0.25) is 38.4 Å². The van der Waals surface area contributed by atoms with Crippen LogP contribution in [0, 0.1) is 0 Å². The molecule has 5 rings (SSSR count). The molecule has 5 aromatic rings. The number of aliphatic hydroxyl groups excluding tert-OH is 1. The average Bonchev–Trinajstić information content (AvgIpc) is 2.92. The quantitative estimate of drug-likeness (QED) is 0.0173. The Hall–Kier alpha value is -8.70. The van der Waals surface area contributed by atoms with Gasteiger partial charge in [-0.05, 0) is 92.6 Å². The molecule has 0 saturated carbocycles. The second kappa shape index (κ2) is 35.8. The molecule has 1 heterocycles. The highest BCUT2D eigenvalue weighted by Gasteiger charge is 2.37. The van der Waals surface area contributed by atoms with E-state index in [2.05, 4.69) is 78.1 Å². The third-order valence-corrected chi connectivity index (χ3v) is 14.9. The average molecular weight is 1250 g/mol. The largest absolute Gasteiger partial charge is 0.508 e. The van der Waals surface area contributed by atoms with Crippen molar-refractivity contribution < 1.29 is 63.3 Å². The lowest BCUT2D eigenvalue weighted by molar-refractivity contribution is -0.141. The van der Waals surface area contributed by atoms with Crippen LogP contribution in [0.5, 0.6) is 5.75 Å². The van der Waals surface area contributed by atoms with E-state index in [9.17, 15) is 63.3 Å². The molecule has 0 aliphatic carbocycles. The second-order valence-electron chi connectivity index (χ2n) is 20.9. The topological polar surface area (TPSA) is 434 Å². The van der Waals surface area contributed by atoms with Crippen LogP contribution in [0.15, 0.2) is 115 Å². The number of benzene rings is 4. The predicted molar refractivity (Wildman–Crippen MR) is 334 cm³/mol. The number of carboxylic acid groups (broad SMARTS) is 1. The Bertz CT molecular complexity index is 3140. The standard InChI is InChI=1S/C60H79N13O13S2/c1-34(74)50(58(83)69-45(28-36-15-6-3-7-16-36)54(79)71-49(33-88)59(84)85)73-52(77)42(19-10-11-25-61)65-56(81)47(30-38-31-64-41-18-9-8-17-40(38)41)68-51(76)43(20-12-26-62)66-53(78)44(27-35-13-4-2-5-14-35)67-57(82)48(32-87)70-55(80)46(72-60(63)86)29-37-21-23-39(75)24-22-37/h2-9,13-18,21-24,31,34,42-50,64,74-75,87-88H,10-12,19-20,25-30,32-33,61-62H2,1H3,(H,65,81)(H,66,78)(H,67,82)(H,68,76)(H,69,83)(H,70,80)(H,71,79)(H,73,77)(H,84,85)(H3,63,72,86)/t34-,42+,43+,44+,45+,46+,47+,48+,49+,50+/m1/s1. The third kappa shape index (κ3) is 22.2. The number of phenolic OH excluding ortho intramolecular Hbond substituents is 1. The lowest BCUT2D eigenvalue weighted by atomic mass is 10.0. The van der Waals surface area contributed by atoms with Crippen molar-refractivity contribution >= 4 is 95.4 Å². The molecular weight excluding hydrogens is 1170 g/mol. The maximum Gasteiger partial charge on any atom is 0.327 e. The SMILES string of the molecule is C[C@@H](O)[C@H](NC(=O)[C@H](CCCCN)NC(=O)[C@H](Cc1c[nH]c2ccccc12)NC(=O)[C@H](CCCN)NC(=O)[C@H](Cc1ccccc1)NC(=O)[C@H](CS)NC(=O)[C@H](Cc1ccc(O)cc1)NC(N)=O)C(=O)N[C@@H](Cc1ccccc1)C(=O)N[C@@H](CS)C(=O)O. The summed E-state index contributed by atoms with van der Waals surface area (Å²) < 4.78 is 0. The van der Waals surface area contributed by atoms with Crippen molar-refractivity contribution in [1.82, 2.24) is 52.8 Å². The smallest absolute Gasteiger partial charge is 0.327 e. The van der Waals surface area contributed by atoms with Crippen LogP contribution in [0.3, 0.4) is 0 Å². The Kier molecular flexibility index (Phi) is 28.5. The van der Waals surface area contributed by atoms with Crippen molar-refractivity contribution in [1.29, 1.82) is 0 Å². The number of aromatic hydroxyl groups is 1. The molecule has 474 valence electrons. The van der Waals surface area contributed by atoms with E-state index in [4.69, 9.17) is 17.2 Å². The molecule has 0 spiro atoms. The number of phenols is 1. The number of aromatic amines is 1. The van der Waals surface area contributed by atoms with E-state index < -0.39 is 120 Å². The summed E-state index contributed by atoms with van der Waals surface area (Å²) >= 11 is 8.33. The highest BCUT2D eigenvalue weighted by Crippen LogP contribution is 2.20. The number of aliphatic carboxylic acids is 1. The van der Waals surface area contributed by atoms with Crippen LogP contribution in [-0.4, -0.2) is 165 Å². The number of primary amides is 1. The Balaban J connectivity index is 1.41. The minimum atomic E-state index is -1.74. The van der Waals surface area contributed by atoms with Gasteiger partial charge in [-0.15, -0.1) is 0 Å². The molecule has 0 bridgehead atoms. The molecule has 10 amide bonds. The molecule has 28 heteroatoms. The van der Waals surface area contributed by atoms with E-state index in [1.165, 1.54) is 31.2 Å². The molecule has 0 saturated heterocycles. The van der Waals surface area contributed by atoms with Crippen molar-refractivity contribution in [3.63, 3.8) is 0 Å². The summed E-state index contributed by atoms with van der Waals surface area (Å²) in [5.41, 5.74) is 20.1. The van der Waals surface area contributed by atoms with E-state index in [0.29, 0.717) is 39.6 Å². The van der Waals surface area contributed by atoms with Crippen LogP contribution >= 0.6 is 25.3 Å². The number of urea groups is 1. The number of rotatable bonds is 36. The number of nitrogens with one attached hydrogen (secondary N) is 10. The third-order valence-electron chi connectivity index (χ3n) is 14.2. The van der Waals surface area contributed by atoms with Gasteiger partial charge < -0.3 is 85.4 Å². The van der Waals surface area contributed by atoms with Crippen LogP contribution in [0.4, 0.5) is 4.79 Å². The van der Waals surface area contributed by atoms with Gasteiger partial charge in [-0.2, -0.15) is 25.3 Å². The molecule has 0 radical (unpaired) electrons. The van der Waals surface area contributed by atoms with E-state index in [-0.39, 0.29) is 81.7 Å². The predicted octanol–water partition coefficient (Wildman–Crippen LogP) is -0.748. The number of carbonyl (C=O) groups is 10. The number of para-hydroxylation sites is 1. The summed E-state index contributed by atoms with van der Waals surface area (Å²) in [6.07, 6.45) is 0.287. The first-order valence-corrected chi connectivity index (χ1v) is 29.8. The van der Waals surface area contributed by atoms with Crippen LogP contribution in [0.2, 0.25) is 0 Å². The monoisotopic (exact) mass is 1250 g/mol. The molecule has 4 aromatic carbocycles. The van der Waals surface area contributed by atoms with Gasteiger partial charge in [0, 0.05) is 54.3 Å². The number of hydrogen-bond donors (Lipinski definition) is 18. The number of thiol groups is 2. The maximum atomic E-state index is 14.9. The molecule has 10 atom stereocenters. The minimum Gasteiger partial charge on any atom is -0.508 e. The van der Waals surface area contributed by atoms with E-state index in [0.717, 1.165) is 0 Å². The van der Waals surface area contributed by atoms with Gasteiger partial charge in [0.1, 0.15) is 60.1 Å². The highest BCUT2D eigenvalue weighted by atomic mass is 32.1. The fraction of sp³-hybridized carbons (Fsp3) is 0.400. The number of nitrogens with two attached hydrogens (primary N) is 3. The first-order valence-electron chi connectivity index (χ1n) is 28.6. The summed E-state index contributed by atoms with van der Waals surface area (Å²) in [7, 11) is 0. The lowest BCUT2D eigenvalue weighted by Crippen LogP contribution is -2.62. The number of aliphatic hydroxyl groups is 1. The first kappa shape index (κ1) is 70.1. The molecule has 26 nitrogen and oxygen atoms in total. The summed E-state index contributed by atoms with van der Waals surface area (Å²) in [5, 5.41) is 54.3. The zero-order valence-electron chi connectivity index (χ0n) is 48.5. The molecule has 19 N–H and O–H groups in total. The Labute approximate surface area is 519 Å². The van der Waals surface area contributed by atoms with Gasteiger partial charge in [0.25, 0.3) is 0 Å². The van der Waals surface area contributed by atoms with Crippen LogP contribution < -0.4 is 65.1 Å². The van der Waals surface area contributed by atoms with Gasteiger partial charge in [0.2, 0.25) is 47.3 Å². The number of carbonyl (C=O) groups excluding carboxylic acids is 9. The fourth-order valence-corrected chi connectivity index (χ4v) is 9.89. The lowest BCUT2D eigenvalue weighted by Gasteiger charge is -2.29. The Morgan fingerprint density at radius 3 is 1.35 bits per heavy atom. The number of unbranched alkanes of at least 4 members (excludes halogenated alkanes) is 1. The first-order chi connectivity index (χ1) is 42.1. The molecule has 0 fully saturated rings. The number of amides is 10. The van der Waals surface area contributed by atoms with Crippen molar-refractivity contribution in [3.8, 4) is 5.75 Å². The normalized spacial score (nSPS) is 14.5. The minimum absolute atomic E-state index is 0.0328. The fourth-order valence-electron chi connectivity index (χ4n) is 9.38. The van der Waals surface area contributed by atoms with Crippen molar-refractivity contribution in [2.24, 2.45) is 17.2 Å². The van der Waals surface area contributed by atoms with Gasteiger partial charge in [0.05, 0.1) is 6.10 Å². The molecule has 0 aliphatic rings. The number of aromatic nitrogens is 1. The number of fused-ring (bicyclic) bond motifs is 1. The van der Waals surface area contributed by atoms with Crippen LogP contribution in [-0.2, 0) is 68.8 Å². The Morgan fingerprint density at radius 1 is 0.466 bits per heavy atom. The van der Waals surface area contributed by atoms with Crippen molar-refractivity contribution in [2.75, 3.05) is 24.6 Å². The van der Waals surface area contributed by atoms with E-state index >= 15 is 0 Å². The molecular formula is C60H79N13O13S2. The van der Waals surface area contributed by atoms with Gasteiger partial charge >= 0.3 is 12.0 Å². The molecule has 88 heavy (non-hydrogen) atoms. The van der Waals surface area contributed by atoms with Crippen LogP contribution in [0.1, 0.15) is 61.3 Å². The number of carboxylic acids is 1. The summed E-state index contributed by atoms with van der Waals surface area (Å²) in [6, 6.07) is 16.1. The zero-order chi connectivity index (χ0) is 64.3. The summed E-state index contributed by atoms with van der Waals surface area (Å²) in [5.74, 6) is -9.08. The van der Waals surface area contributed by atoms with Crippen molar-refractivity contribution in [2.45, 2.75) is 125 Å². The summed E-state index contributed by atoms with van der Waals surface area (Å²) in [4.78, 5) is 141. The second-order valence-corrected chi connectivity index (χ2v) is 21.7. The number of hydrogen-bond acceptors (Lipinski definition) is 16. The molecule has 0 aliphatic heterocycles. The van der Waals surface area contributed by atoms with Crippen molar-refractivity contribution in [3.05, 3.63) is 138 Å². The van der Waals surface area contributed by atoms with Gasteiger partial charge in [-0.25, -0.2) is 9.59 Å². The van der Waals surface area contributed by atoms with Crippen LogP contribution in [0.25, 0.3) is 10.9 Å². The van der Waals surface area contributed by atoms with E-state index in [1.807, 2.05) is 0 Å². The van der Waals surface area contributed by atoms with Gasteiger partial charge in [0.15, 0.2) is 0 Å². The maximum absolute atomic E-state index is 14.9. The zero-order valence-corrected chi connectivity index (χ0v) is 50.3. The van der Waals surface area contributed by atoms with E-state index in [1.54, 1.807) is 91.1 Å². The van der Waals surface area contributed by atoms with Gasteiger partial charge in [-0.1, -0.05) is 91.0 Å². The molecule has 1 aromatic heterocycles.